The molecule has 0 aromatic rings. The average Bonchev–Trinajstić information content (AvgIpc) is 2.02. The minimum Gasteiger partial charge on any atom is -0.469 e. The molecule has 0 aromatic carbocycles. The highest BCUT2D eigenvalue weighted by atomic mass is 16.5. The van der Waals surface area contributed by atoms with Crippen LogP contribution < -0.4 is 0 Å². The summed E-state index contributed by atoms with van der Waals surface area (Å²) >= 11 is 0. The van der Waals surface area contributed by atoms with Gasteiger partial charge in [-0.25, -0.2) is 0 Å². The van der Waals surface area contributed by atoms with Crippen molar-refractivity contribution in [3.05, 3.63) is 0 Å². The van der Waals surface area contributed by atoms with Crippen molar-refractivity contribution >= 4 is 5.97 Å². The molecule has 0 aliphatic heterocycles. The molecule has 0 fully saturated rings. The fraction of sp³-hybridized carbons (Fsp3) is 0.857. The van der Waals surface area contributed by atoms with Gasteiger partial charge in [0.1, 0.15) is 0 Å². The van der Waals surface area contributed by atoms with Crippen molar-refractivity contribution in [3.8, 4) is 0 Å². The molecule has 0 amide bonds. The first-order valence-corrected chi connectivity index (χ1v) is 3.21. The molecule has 0 aliphatic rings. The third kappa shape index (κ3) is 26.6. The summed E-state index contributed by atoms with van der Waals surface area (Å²) in [6.07, 6.45) is 0. The van der Waals surface area contributed by atoms with Crippen molar-refractivity contribution < 1.29 is 19.0 Å². The second-order valence-electron chi connectivity index (χ2n) is 1.68. The summed E-state index contributed by atoms with van der Waals surface area (Å²) in [6, 6.07) is 0. The van der Waals surface area contributed by atoms with Gasteiger partial charge in [0.25, 0.3) is 0 Å². The van der Waals surface area contributed by atoms with Gasteiger partial charge in [-0.05, 0) is 0 Å². The summed E-state index contributed by atoms with van der Waals surface area (Å²) in [4.78, 5) is 9.59. The van der Waals surface area contributed by atoms with Crippen molar-refractivity contribution in [2.24, 2.45) is 0 Å². The van der Waals surface area contributed by atoms with Gasteiger partial charge >= 0.3 is 5.97 Å². The zero-order valence-corrected chi connectivity index (χ0v) is 7.55. The van der Waals surface area contributed by atoms with Crippen molar-refractivity contribution in [2.45, 2.75) is 6.92 Å². The average molecular weight is 164 g/mol. The zero-order chi connectivity index (χ0) is 9.11. The normalized spacial score (nSPS) is 8.00. The fourth-order valence-corrected chi connectivity index (χ4v) is 0.167. The molecule has 0 aromatic heterocycles. The highest BCUT2D eigenvalue weighted by Gasteiger charge is 1.75. The minimum absolute atomic E-state index is 0.245. The lowest BCUT2D eigenvalue weighted by Crippen LogP contribution is -1.96. The lowest BCUT2D eigenvalue weighted by molar-refractivity contribution is -0.137. The van der Waals surface area contributed by atoms with Crippen LogP contribution in [0.4, 0.5) is 0 Å². The first-order valence-electron chi connectivity index (χ1n) is 3.21. The van der Waals surface area contributed by atoms with E-state index < -0.39 is 0 Å². The SMILES string of the molecule is COC(C)=O.COCCOC. The molecular formula is C7H16O4. The van der Waals surface area contributed by atoms with E-state index in [-0.39, 0.29) is 5.97 Å². The smallest absolute Gasteiger partial charge is 0.302 e. The van der Waals surface area contributed by atoms with E-state index in [4.69, 9.17) is 0 Å². The maximum atomic E-state index is 9.59. The van der Waals surface area contributed by atoms with E-state index in [9.17, 15) is 4.79 Å². The van der Waals surface area contributed by atoms with Crippen LogP contribution in [0, 0.1) is 0 Å². The van der Waals surface area contributed by atoms with Gasteiger partial charge in [0.05, 0.1) is 20.3 Å². The molecule has 0 saturated carbocycles. The second-order valence-corrected chi connectivity index (χ2v) is 1.68. The molecule has 0 rings (SSSR count). The molecule has 0 heterocycles. The molecule has 68 valence electrons. The molecule has 0 N–H and O–H groups in total. The van der Waals surface area contributed by atoms with Crippen LogP contribution in [0.15, 0.2) is 0 Å². The van der Waals surface area contributed by atoms with Gasteiger partial charge in [0.2, 0.25) is 0 Å². The lowest BCUT2D eigenvalue weighted by Gasteiger charge is -1.91. The summed E-state index contributed by atoms with van der Waals surface area (Å²) in [5, 5.41) is 0. The Morgan fingerprint density at radius 2 is 1.36 bits per heavy atom. The lowest BCUT2D eigenvalue weighted by atomic mass is 10.8. The van der Waals surface area contributed by atoms with E-state index >= 15 is 0 Å². The Hall–Kier alpha value is -0.610. The van der Waals surface area contributed by atoms with Gasteiger partial charge in [-0.15, -0.1) is 0 Å². The van der Waals surface area contributed by atoms with Gasteiger partial charge in [-0.1, -0.05) is 0 Å². The molecule has 0 radical (unpaired) electrons. The molecule has 0 atom stereocenters. The molecule has 4 heteroatoms. The maximum Gasteiger partial charge on any atom is 0.302 e. The van der Waals surface area contributed by atoms with Gasteiger partial charge < -0.3 is 14.2 Å². The Morgan fingerprint density at radius 3 is 1.45 bits per heavy atom. The Balaban J connectivity index is 0. The molecule has 4 nitrogen and oxygen atoms in total. The minimum atomic E-state index is -0.245. The molecule has 11 heavy (non-hydrogen) atoms. The van der Waals surface area contributed by atoms with Crippen molar-refractivity contribution in [1.82, 2.24) is 0 Å². The van der Waals surface area contributed by atoms with Crippen molar-refractivity contribution in [2.75, 3.05) is 34.5 Å². The summed E-state index contributed by atoms with van der Waals surface area (Å²) in [6.45, 7) is 2.74. The van der Waals surface area contributed by atoms with E-state index in [0.29, 0.717) is 13.2 Å². The summed E-state index contributed by atoms with van der Waals surface area (Å²) in [5.74, 6) is -0.245. The first kappa shape index (κ1) is 13.0. The second kappa shape index (κ2) is 12.1. The number of esters is 1. The van der Waals surface area contributed by atoms with E-state index in [0.717, 1.165) is 0 Å². The van der Waals surface area contributed by atoms with E-state index in [1.807, 2.05) is 0 Å². The van der Waals surface area contributed by atoms with Crippen LogP contribution in [0.2, 0.25) is 0 Å². The Labute approximate surface area is 67.4 Å². The third-order valence-corrected chi connectivity index (χ3v) is 0.779. The topological polar surface area (TPSA) is 44.8 Å². The number of ether oxygens (including phenoxy) is 3. The maximum absolute atomic E-state index is 9.59. The van der Waals surface area contributed by atoms with Gasteiger partial charge in [0.15, 0.2) is 0 Å². The largest absolute Gasteiger partial charge is 0.469 e. The number of carbonyl (C=O) groups excluding carboxylic acids is 1. The van der Waals surface area contributed by atoms with Crippen molar-refractivity contribution in [3.63, 3.8) is 0 Å². The van der Waals surface area contributed by atoms with E-state index in [1.165, 1.54) is 14.0 Å². The van der Waals surface area contributed by atoms with Crippen LogP contribution in [0.25, 0.3) is 0 Å². The third-order valence-electron chi connectivity index (χ3n) is 0.779. The fourth-order valence-electron chi connectivity index (χ4n) is 0.167. The number of hydrogen-bond donors (Lipinski definition) is 0. The standard InChI is InChI=1S/C4H10O2.C3H6O2/c1-5-3-4-6-2;1-3(4)5-2/h3-4H2,1-2H3;1-2H3. The van der Waals surface area contributed by atoms with Crippen LogP contribution in [0.5, 0.6) is 0 Å². The molecule has 0 unspecified atom stereocenters. The first-order chi connectivity index (χ1) is 5.18. The Bertz CT molecular complexity index is 78.5. The van der Waals surface area contributed by atoms with Gasteiger partial charge in [-0.2, -0.15) is 0 Å². The molecule has 0 bridgehead atoms. The number of carbonyl (C=O) groups is 1. The molecular weight excluding hydrogens is 148 g/mol. The predicted octanol–water partition coefficient (Wildman–Crippen LogP) is 0.458. The quantitative estimate of drug-likeness (QED) is 0.449. The van der Waals surface area contributed by atoms with Crippen LogP contribution in [-0.2, 0) is 19.0 Å². The van der Waals surface area contributed by atoms with Crippen molar-refractivity contribution in [1.29, 1.82) is 0 Å². The van der Waals surface area contributed by atoms with Crippen LogP contribution >= 0.6 is 0 Å². The number of methoxy groups -OCH3 is 3. The molecule has 0 saturated heterocycles. The summed E-state index contributed by atoms with van der Waals surface area (Å²) in [5.41, 5.74) is 0. The Kier molecular flexibility index (Phi) is 14.3. The van der Waals surface area contributed by atoms with E-state index in [1.54, 1.807) is 14.2 Å². The Morgan fingerprint density at radius 1 is 1.09 bits per heavy atom. The monoisotopic (exact) mass is 164 g/mol. The highest BCUT2D eigenvalue weighted by molar-refractivity contribution is 5.65. The van der Waals surface area contributed by atoms with E-state index in [2.05, 4.69) is 14.2 Å². The summed E-state index contributed by atoms with van der Waals surface area (Å²) in [7, 11) is 4.65. The zero-order valence-electron chi connectivity index (χ0n) is 7.55. The van der Waals surface area contributed by atoms with Crippen LogP contribution in [0.3, 0.4) is 0 Å². The van der Waals surface area contributed by atoms with Crippen LogP contribution in [-0.4, -0.2) is 40.5 Å². The van der Waals surface area contributed by atoms with Gasteiger partial charge in [0, 0.05) is 21.1 Å². The number of rotatable bonds is 3. The summed E-state index contributed by atoms with van der Waals surface area (Å²) < 4.78 is 13.4. The van der Waals surface area contributed by atoms with Crippen LogP contribution in [0.1, 0.15) is 6.92 Å². The molecule has 0 spiro atoms. The van der Waals surface area contributed by atoms with Gasteiger partial charge in [-0.3, -0.25) is 4.79 Å². The number of hydrogen-bond acceptors (Lipinski definition) is 4. The molecule has 0 aliphatic carbocycles. The predicted molar refractivity (Wildman–Crippen MR) is 41.4 cm³/mol. The highest BCUT2D eigenvalue weighted by Crippen LogP contribution is 1.65.